The fourth-order valence-corrected chi connectivity index (χ4v) is 2.71. The van der Waals surface area contributed by atoms with Crippen molar-refractivity contribution in [3.8, 4) is 0 Å². The number of rotatable bonds is 3. The maximum absolute atomic E-state index is 12.5. The Balaban J connectivity index is 2.23. The molecule has 1 fully saturated rings. The monoisotopic (exact) mass is 338 g/mol. The Bertz CT molecular complexity index is 510. The van der Waals surface area contributed by atoms with Crippen LogP contribution in [0.2, 0.25) is 0 Å². The normalized spacial score (nSPS) is 15.6. The van der Waals surface area contributed by atoms with Crippen molar-refractivity contribution in [3.63, 3.8) is 0 Å². The molecule has 0 radical (unpaired) electrons. The first kappa shape index (κ1) is 15.0. The van der Waals surface area contributed by atoms with Gasteiger partial charge in [-0.1, -0.05) is 12.8 Å². The highest BCUT2D eigenvalue weighted by atomic mass is 79.9. The average molecular weight is 339 g/mol. The Morgan fingerprint density at radius 1 is 1.35 bits per heavy atom. The maximum atomic E-state index is 12.5. The lowest BCUT2D eigenvalue weighted by Crippen LogP contribution is -2.32. The number of hydrogen-bond acceptors (Lipinski definition) is 4. The molecule has 6 heteroatoms. The summed E-state index contributed by atoms with van der Waals surface area (Å²) in [6.07, 6.45) is 6.08. The van der Waals surface area contributed by atoms with Crippen LogP contribution in [0.1, 0.15) is 41.7 Å². The first-order valence-corrected chi connectivity index (χ1v) is 7.64. The lowest BCUT2D eigenvalue weighted by molar-refractivity contribution is 0.0756. The molecule has 0 spiro atoms. The van der Waals surface area contributed by atoms with Crippen LogP contribution >= 0.6 is 15.9 Å². The summed E-state index contributed by atoms with van der Waals surface area (Å²) >= 11 is 3.13. The molecule has 2 N–H and O–H groups in total. The van der Waals surface area contributed by atoms with Gasteiger partial charge in [-0.05, 0) is 34.8 Å². The molecule has 0 unspecified atom stereocenters. The molecule has 0 aromatic carbocycles. The van der Waals surface area contributed by atoms with Gasteiger partial charge in [0.15, 0.2) is 0 Å². The molecular formula is C14H19BrN4O. The zero-order valence-corrected chi connectivity index (χ0v) is 13.2. The summed E-state index contributed by atoms with van der Waals surface area (Å²) < 4.78 is 0.253. The van der Waals surface area contributed by atoms with Crippen LogP contribution in [0.25, 0.3) is 0 Å². The Morgan fingerprint density at radius 3 is 2.55 bits per heavy atom. The van der Waals surface area contributed by atoms with Gasteiger partial charge in [0, 0.05) is 37.6 Å². The lowest BCUT2D eigenvalue weighted by Gasteiger charge is -2.20. The summed E-state index contributed by atoms with van der Waals surface area (Å²) in [6, 6.07) is 1.72. The number of nitrogens with zero attached hydrogens (tertiary/aromatic N) is 2. The second kappa shape index (κ2) is 6.83. The minimum atomic E-state index is -0.0175. The van der Waals surface area contributed by atoms with Crippen LogP contribution in [0, 0.1) is 5.41 Å². The number of pyridine rings is 1. The Labute approximate surface area is 127 Å². The highest BCUT2D eigenvalue weighted by molar-refractivity contribution is 9.18. The number of nitrogens with one attached hydrogen (secondary N) is 2. The third kappa shape index (κ3) is 3.36. The van der Waals surface area contributed by atoms with E-state index in [-0.39, 0.29) is 10.5 Å². The first-order valence-electron chi connectivity index (χ1n) is 6.85. The fourth-order valence-electron chi connectivity index (χ4n) is 2.39. The van der Waals surface area contributed by atoms with Crippen LogP contribution in [0.3, 0.4) is 0 Å². The predicted molar refractivity (Wildman–Crippen MR) is 83.9 cm³/mol. The maximum Gasteiger partial charge on any atom is 0.272 e. The molecule has 5 nitrogen and oxygen atoms in total. The van der Waals surface area contributed by atoms with Crippen LogP contribution < -0.4 is 5.32 Å². The van der Waals surface area contributed by atoms with Gasteiger partial charge in [0.1, 0.15) is 10.3 Å². The number of aromatic nitrogens is 1. The van der Waals surface area contributed by atoms with Gasteiger partial charge in [0.25, 0.3) is 5.91 Å². The summed E-state index contributed by atoms with van der Waals surface area (Å²) in [4.78, 5) is 18.6. The number of likely N-dealkylation sites (tertiary alicyclic amines) is 1. The molecule has 1 aliphatic rings. The summed E-state index contributed by atoms with van der Waals surface area (Å²) in [5.41, 5.74) is 1.83. The van der Waals surface area contributed by atoms with Gasteiger partial charge in [0.2, 0.25) is 0 Å². The van der Waals surface area contributed by atoms with Crippen LogP contribution in [-0.4, -0.2) is 40.5 Å². The van der Waals surface area contributed by atoms with E-state index in [1.165, 1.54) is 12.8 Å². The van der Waals surface area contributed by atoms with Gasteiger partial charge in [-0.3, -0.25) is 15.2 Å². The van der Waals surface area contributed by atoms with Crippen LogP contribution in [-0.2, 0) is 0 Å². The van der Waals surface area contributed by atoms with Crippen LogP contribution in [0.15, 0.2) is 12.3 Å². The minimum absolute atomic E-state index is 0.0175. The molecule has 108 valence electrons. The van der Waals surface area contributed by atoms with Crippen molar-refractivity contribution in [2.75, 3.05) is 25.5 Å². The molecular weight excluding hydrogens is 320 g/mol. The molecule has 1 amide bonds. The van der Waals surface area contributed by atoms with Crippen molar-refractivity contribution in [1.82, 2.24) is 9.88 Å². The topological polar surface area (TPSA) is 69.1 Å². The van der Waals surface area contributed by atoms with Crippen molar-refractivity contribution in [1.29, 1.82) is 5.41 Å². The van der Waals surface area contributed by atoms with Crippen molar-refractivity contribution in [2.45, 2.75) is 25.7 Å². The minimum Gasteiger partial charge on any atom is -0.387 e. The fraction of sp³-hybridized carbons (Fsp3) is 0.500. The van der Waals surface area contributed by atoms with Gasteiger partial charge in [-0.15, -0.1) is 0 Å². The van der Waals surface area contributed by atoms with E-state index in [4.69, 9.17) is 5.41 Å². The summed E-state index contributed by atoms with van der Waals surface area (Å²) in [6.45, 7) is 1.62. The number of carbonyl (C=O) groups excluding carboxylic acids is 1. The van der Waals surface area contributed by atoms with E-state index in [2.05, 4.69) is 26.2 Å². The number of amides is 1. The van der Waals surface area contributed by atoms with Crippen LogP contribution in [0.4, 0.5) is 5.69 Å². The third-order valence-corrected chi connectivity index (χ3v) is 3.95. The molecule has 0 aliphatic carbocycles. The summed E-state index contributed by atoms with van der Waals surface area (Å²) in [5.74, 6) is -0.0175. The van der Waals surface area contributed by atoms with E-state index < -0.39 is 0 Å². The van der Waals surface area contributed by atoms with Gasteiger partial charge in [-0.2, -0.15) is 0 Å². The summed E-state index contributed by atoms with van der Waals surface area (Å²) in [5, 5.41) is 10.6. The zero-order valence-electron chi connectivity index (χ0n) is 11.6. The highest BCUT2D eigenvalue weighted by Crippen LogP contribution is 2.20. The molecule has 2 rings (SSSR count). The standard InChI is InChI=1S/C14H19BrN4O/c1-17-11-8-12(18-9-10(11)13(15)16)14(20)19-6-4-2-3-5-7-19/h8-9,16H,2-7H2,1H3,(H,17,18). The molecule has 1 saturated heterocycles. The van der Waals surface area contributed by atoms with E-state index in [0.717, 1.165) is 31.6 Å². The second-order valence-electron chi connectivity index (χ2n) is 4.89. The van der Waals surface area contributed by atoms with Gasteiger partial charge < -0.3 is 10.2 Å². The second-order valence-corrected chi connectivity index (χ2v) is 5.68. The quantitative estimate of drug-likeness (QED) is 0.832. The molecule has 0 bridgehead atoms. The Hall–Kier alpha value is -1.43. The van der Waals surface area contributed by atoms with Crippen molar-refractivity contribution in [3.05, 3.63) is 23.5 Å². The number of hydrogen-bond donors (Lipinski definition) is 2. The largest absolute Gasteiger partial charge is 0.387 e. The first-order chi connectivity index (χ1) is 9.63. The van der Waals surface area contributed by atoms with Gasteiger partial charge >= 0.3 is 0 Å². The Kier molecular flexibility index (Phi) is 5.11. The molecule has 1 aromatic heterocycles. The Morgan fingerprint density at radius 2 is 2.00 bits per heavy atom. The lowest BCUT2D eigenvalue weighted by atomic mass is 10.2. The van der Waals surface area contributed by atoms with E-state index >= 15 is 0 Å². The van der Waals surface area contributed by atoms with E-state index in [1.807, 2.05) is 4.90 Å². The average Bonchev–Trinajstić information content (AvgIpc) is 2.74. The predicted octanol–water partition coefficient (Wildman–Crippen LogP) is 2.86. The molecule has 0 saturated carbocycles. The number of anilines is 1. The number of carbonyl (C=O) groups is 1. The van der Waals surface area contributed by atoms with Crippen LogP contribution in [0.5, 0.6) is 0 Å². The number of halogens is 1. The molecule has 1 aromatic rings. The van der Waals surface area contributed by atoms with E-state index in [9.17, 15) is 4.79 Å². The van der Waals surface area contributed by atoms with E-state index in [1.54, 1.807) is 19.3 Å². The van der Waals surface area contributed by atoms with Crippen molar-refractivity contribution >= 4 is 32.1 Å². The smallest absolute Gasteiger partial charge is 0.272 e. The van der Waals surface area contributed by atoms with Gasteiger partial charge in [-0.25, -0.2) is 0 Å². The van der Waals surface area contributed by atoms with Crippen molar-refractivity contribution in [2.24, 2.45) is 0 Å². The molecule has 2 heterocycles. The third-order valence-electron chi connectivity index (χ3n) is 3.52. The summed E-state index contributed by atoms with van der Waals surface area (Å²) in [7, 11) is 1.77. The highest BCUT2D eigenvalue weighted by Gasteiger charge is 2.19. The SMILES string of the molecule is CNc1cc(C(=O)N2CCCCCC2)ncc1C(=N)Br. The van der Waals surface area contributed by atoms with E-state index in [0.29, 0.717) is 11.3 Å². The van der Waals surface area contributed by atoms with Gasteiger partial charge in [0.05, 0.1) is 0 Å². The molecule has 1 aliphatic heterocycles. The van der Waals surface area contributed by atoms with Crippen molar-refractivity contribution < 1.29 is 4.79 Å². The molecule has 0 atom stereocenters. The molecule has 20 heavy (non-hydrogen) atoms. The zero-order chi connectivity index (χ0) is 14.5.